The van der Waals surface area contributed by atoms with Gasteiger partial charge in [-0.05, 0) is 6.42 Å². The van der Waals surface area contributed by atoms with Crippen molar-refractivity contribution in [2.24, 2.45) is 0 Å². The summed E-state index contributed by atoms with van der Waals surface area (Å²) in [7, 11) is 0. The first-order chi connectivity index (χ1) is 2.93. The summed E-state index contributed by atoms with van der Waals surface area (Å²) in [6.07, 6.45) is 4.75. The highest BCUT2D eigenvalue weighted by Gasteiger charge is 2.19. The second-order valence-corrected chi connectivity index (χ2v) is 1.73. The largest absolute Gasteiger partial charge is 0.234 e. The average Bonchev–Trinajstić information content (AvgIpc) is 2.21. The van der Waals surface area contributed by atoms with Crippen LogP contribution in [-0.4, -0.2) is 12.3 Å². The zero-order chi connectivity index (χ0) is 4.41. The van der Waals surface area contributed by atoms with Crippen molar-refractivity contribution in [3.63, 3.8) is 0 Å². The van der Waals surface area contributed by atoms with E-state index in [4.69, 9.17) is 0 Å². The Morgan fingerprint density at radius 2 is 2.50 bits per heavy atom. The highest BCUT2D eigenvalue weighted by atomic mass is 14.9. The van der Waals surface area contributed by atoms with Crippen LogP contribution in [0.2, 0.25) is 0 Å². The molecule has 1 heterocycles. The molecule has 0 amide bonds. The molecular formula is C5H10N+. The van der Waals surface area contributed by atoms with Crippen molar-refractivity contribution in [3.8, 4) is 0 Å². The molecule has 0 spiro atoms. The number of nitrogens with one attached hydrogen (secondary N) is 1. The lowest BCUT2D eigenvalue weighted by Gasteiger charge is -1.75. The molecule has 0 fully saturated rings. The summed E-state index contributed by atoms with van der Waals surface area (Å²) in [5.41, 5.74) is 0. The molecule has 0 aromatic heterocycles. The summed E-state index contributed by atoms with van der Waals surface area (Å²) < 4.78 is 0. The Hall–Kier alpha value is -0.330. The molecule has 0 radical (unpaired) electrons. The van der Waals surface area contributed by atoms with E-state index in [1.807, 2.05) is 0 Å². The van der Waals surface area contributed by atoms with Crippen LogP contribution in [0.5, 0.6) is 0 Å². The first kappa shape index (κ1) is 3.85. The van der Waals surface area contributed by atoms with E-state index < -0.39 is 0 Å². The van der Waals surface area contributed by atoms with Gasteiger partial charge in [-0.3, -0.25) is 0 Å². The summed E-state index contributed by atoms with van der Waals surface area (Å²) >= 11 is 0. The zero-order valence-corrected chi connectivity index (χ0v) is 4.07. The zero-order valence-electron chi connectivity index (χ0n) is 4.07. The van der Waals surface area contributed by atoms with E-state index in [1.165, 1.54) is 12.8 Å². The number of hydrogen-bond acceptors (Lipinski definition) is 0. The molecule has 0 saturated carbocycles. The third-order valence-corrected chi connectivity index (χ3v) is 1.00. The van der Waals surface area contributed by atoms with Gasteiger partial charge in [-0.1, -0.05) is 6.92 Å². The van der Waals surface area contributed by atoms with Crippen molar-refractivity contribution >= 4 is 6.21 Å². The van der Waals surface area contributed by atoms with Crippen molar-refractivity contribution in [1.82, 2.24) is 0 Å². The predicted molar refractivity (Wildman–Crippen MR) is 25.7 cm³/mol. The Labute approximate surface area is 38.1 Å². The fourth-order valence-electron chi connectivity index (χ4n) is 0.546. The van der Waals surface area contributed by atoms with E-state index in [2.05, 4.69) is 18.1 Å². The summed E-state index contributed by atoms with van der Waals surface area (Å²) in [4.78, 5) is 3.11. The lowest BCUT2D eigenvalue weighted by molar-refractivity contribution is -0.390. The SMILES string of the molecule is CCCC1C=[NH+]1. The van der Waals surface area contributed by atoms with E-state index in [9.17, 15) is 0 Å². The van der Waals surface area contributed by atoms with Gasteiger partial charge >= 0.3 is 0 Å². The van der Waals surface area contributed by atoms with E-state index in [-0.39, 0.29) is 0 Å². The average molecular weight is 84.1 g/mol. The summed E-state index contributed by atoms with van der Waals surface area (Å²) in [5, 5.41) is 0. The van der Waals surface area contributed by atoms with Crippen LogP contribution in [-0.2, 0) is 0 Å². The molecule has 6 heavy (non-hydrogen) atoms. The monoisotopic (exact) mass is 84.1 g/mol. The molecule has 0 saturated heterocycles. The molecule has 0 aromatic carbocycles. The van der Waals surface area contributed by atoms with Gasteiger partial charge in [0, 0.05) is 6.42 Å². The van der Waals surface area contributed by atoms with Gasteiger partial charge in [-0.15, -0.1) is 0 Å². The molecule has 1 atom stereocenters. The molecule has 1 rings (SSSR count). The Kier molecular flexibility index (Phi) is 0.906. The van der Waals surface area contributed by atoms with Gasteiger partial charge in [0.05, 0.1) is 0 Å². The first-order valence-electron chi connectivity index (χ1n) is 2.53. The maximum absolute atomic E-state index is 3.11. The van der Waals surface area contributed by atoms with Gasteiger partial charge < -0.3 is 0 Å². The van der Waals surface area contributed by atoms with Crippen LogP contribution in [0, 0.1) is 0 Å². The molecule has 1 unspecified atom stereocenters. The van der Waals surface area contributed by atoms with Crippen molar-refractivity contribution in [2.45, 2.75) is 25.8 Å². The topological polar surface area (TPSA) is 14.0 Å². The van der Waals surface area contributed by atoms with Gasteiger partial charge in [-0.2, -0.15) is 0 Å². The smallest absolute Gasteiger partial charge is 0.226 e. The Bertz CT molecular complexity index is 60.3. The molecule has 1 nitrogen and oxygen atoms in total. The normalized spacial score (nSPS) is 27.8. The van der Waals surface area contributed by atoms with Crippen LogP contribution >= 0.6 is 0 Å². The van der Waals surface area contributed by atoms with Crippen LogP contribution in [0.3, 0.4) is 0 Å². The van der Waals surface area contributed by atoms with Crippen molar-refractivity contribution in [2.75, 3.05) is 0 Å². The Balaban J connectivity index is 1.90. The summed E-state index contributed by atoms with van der Waals surface area (Å²) in [6, 6.07) is 0.773. The first-order valence-corrected chi connectivity index (χ1v) is 2.53. The second-order valence-electron chi connectivity index (χ2n) is 1.73. The number of hydrogen-bond donors (Lipinski definition) is 1. The molecule has 0 aromatic rings. The Morgan fingerprint density at radius 1 is 1.83 bits per heavy atom. The molecule has 1 aliphatic heterocycles. The minimum atomic E-state index is 0.773. The lowest BCUT2D eigenvalue weighted by Crippen LogP contribution is -2.51. The molecule has 1 N–H and O–H groups in total. The van der Waals surface area contributed by atoms with Crippen molar-refractivity contribution in [3.05, 3.63) is 0 Å². The third-order valence-electron chi connectivity index (χ3n) is 1.00. The van der Waals surface area contributed by atoms with Crippen molar-refractivity contribution < 1.29 is 4.99 Å². The summed E-state index contributed by atoms with van der Waals surface area (Å²) in [6.45, 7) is 2.20. The molecule has 1 aliphatic rings. The van der Waals surface area contributed by atoms with Gasteiger partial charge in [0.1, 0.15) is 0 Å². The quantitative estimate of drug-likeness (QED) is 0.455. The molecule has 1 heteroatoms. The van der Waals surface area contributed by atoms with Crippen LogP contribution in [0.25, 0.3) is 0 Å². The van der Waals surface area contributed by atoms with Gasteiger partial charge in [-0.25, -0.2) is 4.99 Å². The minimum absolute atomic E-state index is 0.773. The molecule has 0 bridgehead atoms. The van der Waals surface area contributed by atoms with E-state index in [0.29, 0.717) is 0 Å². The molecule has 0 aliphatic carbocycles. The maximum atomic E-state index is 3.11. The number of rotatable bonds is 2. The third kappa shape index (κ3) is 0.814. The van der Waals surface area contributed by atoms with E-state index >= 15 is 0 Å². The van der Waals surface area contributed by atoms with Crippen LogP contribution in [0.1, 0.15) is 19.8 Å². The summed E-state index contributed by atoms with van der Waals surface area (Å²) in [5.74, 6) is 0. The molecular weight excluding hydrogens is 74.1 g/mol. The Morgan fingerprint density at radius 3 is 2.67 bits per heavy atom. The maximum Gasteiger partial charge on any atom is 0.226 e. The fourth-order valence-corrected chi connectivity index (χ4v) is 0.546. The highest BCUT2D eigenvalue weighted by Crippen LogP contribution is 1.89. The van der Waals surface area contributed by atoms with Crippen molar-refractivity contribution in [1.29, 1.82) is 0 Å². The minimum Gasteiger partial charge on any atom is -0.234 e. The molecule has 34 valence electrons. The van der Waals surface area contributed by atoms with E-state index in [1.54, 1.807) is 0 Å². The standard InChI is InChI=1S/C5H9N/c1-2-3-5-4-6-5/h4-5H,2-3H2,1H3/p+1. The van der Waals surface area contributed by atoms with Gasteiger partial charge in [0.25, 0.3) is 0 Å². The fraction of sp³-hybridized carbons (Fsp3) is 0.800. The van der Waals surface area contributed by atoms with Crippen LogP contribution in [0.4, 0.5) is 0 Å². The van der Waals surface area contributed by atoms with E-state index in [0.717, 1.165) is 6.04 Å². The lowest BCUT2D eigenvalue weighted by atomic mass is 10.3. The van der Waals surface area contributed by atoms with Gasteiger partial charge in [0.2, 0.25) is 12.3 Å². The predicted octanol–water partition coefficient (Wildman–Crippen LogP) is -0.680. The van der Waals surface area contributed by atoms with Gasteiger partial charge in [0.15, 0.2) is 0 Å². The van der Waals surface area contributed by atoms with Crippen LogP contribution < -0.4 is 4.99 Å². The highest BCUT2D eigenvalue weighted by molar-refractivity contribution is 5.63. The van der Waals surface area contributed by atoms with Crippen LogP contribution in [0.15, 0.2) is 0 Å². The second kappa shape index (κ2) is 1.41.